The first-order valence-electron chi connectivity index (χ1n) is 4.34. The number of aliphatic hydroxyl groups is 1. The summed E-state index contributed by atoms with van der Waals surface area (Å²) in [7, 11) is 0. The normalized spacial score (nSPS) is 21.6. The van der Waals surface area contributed by atoms with Crippen LogP contribution in [-0.4, -0.2) is 17.4 Å². The van der Waals surface area contributed by atoms with Gasteiger partial charge < -0.3 is 10.5 Å². The first kappa shape index (κ1) is 10.6. The molecule has 2 nitrogen and oxygen atoms in total. The maximum atomic E-state index is 9.68. The van der Waals surface area contributed by atoms with Gasteiger partial charge in [-0.1, -0.05) is 26.2 Å². The van der Waals surface area contributed by atoms with Gasteiger partial charge in [-0.05, 0) is 26.0 Å². The van der Waals surface area contributed by atoms with Crippen LogP contribution in [-0.2, 0) is 0 Å². The Hall–Kier alpha value is -0.370. The fourth-order valence-corrected chi connectivity index (χ4v) is 1.56. The summed E-state index contributed by atoms with van der Waals surface area (Å²) in [6.07, 6.45) is 6.77. The van der Waals surface area contributed by atoms with Crippen molar-refractivity contribution in [3.05, 3.63) is 0 Å². The second-order valence-corrected chi connectivity index (χ2v) is 3.14. The van der Waals surface area contributed by atoms with E-state index in [0.29, 0.717) is 0 Å². The Bertz CT molecular complexity index is 97.7. The van der Waals surface area contributed by atoms with E-state index >= 15 is 0 Å². The second kappa shape index (κ2) is 5.30. The average molecular weight is 157 g/mol. The van der Waals surface area contributed by atoms with E-state index in [1.807, 2.05) is 0 Å². The Balaban J connectivity index is 0.000000461. The van der Waals surface area contributed by atoms with Crippen molar-refractivity contribution in [2.45, 2.75) is 51.0 Å². The molecule has 0 aliphatic heterocycles. The molecule has 0 amide bonds. The van der Waals surface area contributed by atoms with Crippen molar-refractivity contribution in [3.8, 4) is 0 Å². The summed E-state index contributed by atoms with van der Waals surface area (Å²) in [5, 5.41) is 15.2. The molecule has 0 aromatic rings. The summed E-state index contributed by atoms with van der Waals surface area (Å²) in [4.78, 5) is 0. The summed E-state index contributed by atoms with van der Waals surface area (Å²) in [6, 6.07) is 0. The third-order valence-corrected chi connectivity index (χ3v) is 2.44. The second-order valence-electron chi connectivity index (χ2n) is 3.14. The zero-order valence-corrected chi connectivity index (χ0v) is 7.40. The molecule has 1 aliphatic rings. The molecule has 1 fully saturated rings. The van der Waals surface area contributed by atoms with Crippen LogP contribution in [0.1, 0.15) is 45.4 Å². The minimum absolute atomic E-state index is 0.280. The van der Waals surface area contributed by atoms with Gasteiger partial charge in [0.25, 0.3) is 0 Å². The van der Waals surface area contributed by atoms with Gasteiger partial charge in [-0.15, -0.1) is 0 Å². The quantitative estimate of drug-likeness (QED) is 0.564. The van der Waals surface area contributed by atoms with E-state index in [1.165, 1.54) is 19.3 Å². The van der Waals surface area contributed by atoms with Gasteiger partial charge >= 0.3 is 0 Å². The fraction of sp³-hybridized carbons (Fsp3) is 0.889. The van der Waals surface area contributed by atoms with Crippen LogP contribution >= 0.6 is 0 Å². The molecule has 2 heteroatoms. The first-order valence-corrected chi connectivity index (χ1v) is 4.34. The molecule has 0 spiro atoms. The third-order valence-electron chi connectivity index (χ3n) is 2.44. The van der Waals surface area contributed by atoms with Gasteiger partial charge in [-0.2, -0.15) is 0 Å². The van der Waals surface area contributed by atoms with E-state index in [1.54, 1.807) is 0 Å². The molecule has 2 N–H and O–H groups in total. The molecule has 11 heavy (non-hydrogen) atoms. The molecule has 0 bridgehead atoms. The van der Waals surface area contributed by atoms with Gasteiger partial charge in [0.15, 0.2) is 0 Å². The standard InChI is InChI=1S/C8H16O.CH3N/c1-2-8(9)6-4-3-5-7-8;1-2/h9H,2-7H2,1H3;2H,1H2. The highest BCUT2D eigenvalue weighted by atomic mass is 16.3. The molecule has 0 heterocycles. The van der Waals surface area contributed by atoms with Crippen LogP contribution in [0.4, 0.5) is 0 Å². The van der Waals surface area contributed by atoms with Gasteiger partial charge in [-0.3, -0.25) is 0 Å². The fourth-order valence-electron chi connectivity index (χ4n) is 1.56. The van der Waals surface area contributed by atoms with Crippen molar-refractivity contribution in [2.75, 3.05) is 0 Å². The maximum absolute atomic E-state index is 9.68. The lowest BCUT2D eigenvalue weighted by atomic mass is 9.83. The minimum Gasteiger partial charge on any atom is -0.390 e. The number of rotatable bonds is 1. The highest BCUT2D eigenvalue weighted by Crippen LogP contribution is 2.30. The van der Waals surface area contributed by atoms with Crippen molar-refractivity contribution in [1.29, 1.82) is 5.41 Å². The average Bonchev–Trinajstić information content (AvgIpc) is 2.10. The molecule has 0 radical (unpaired) electrons. The largest absolute Gasteiger partial charge is 0.390 e. The Morgan fingerprint density at radius 3 is 2.00 bits per heavy atom. The predicted octanol–water partition coefficient (Wildman–Crippen LogP) is 2.36. The molecule has 1 rings (SSSR count). The monoisotopic (exact) mass is 157 g/mol. The lowest BCUT2D eigenvalue weighted by Crippen LogP contribution is -2.29. The maximum Gasteiger partial charge on any atom is 0.0645 e. The zero-order valence-electron chi connectivity index (χ0n) is 7.40. The zero-order chi connectivity index (χ0) is 8.74. The first-order chi connectivity index (χ1) is 5.27. The Kier molecular flexibility index (Phi) is 5.12. The molecule has 1 aliphatic carbocycles. The Morgan fingerprint density at radius 1 is 1.27 bits per heavy atom. The van der Waals surface area contributed by atoms with Crippen LogP contribution < -0.4 is 0 Å². The summed E-state index contributed by atoms with van der Waals surface area (Å²) in [5.74, 6) is 0. The number of nitrogens with one attached hydrogen (secondary N) is 1. The molecule has 66 valence electrons. The van der Waals surface area contributed by atoms with Gasteiger partial charge in [-0.25, -0.2) is 0 Å². The van der Waals surface area contributed by atoms with Crippen LogP contribution in [0.15, 0.2) is 0 Å². The molecular formula is C9H19NO. The van der Waals surface area contributed by atoms with E-state index in [2.05, 4.69) is 13.6 Å². The minimum atomic E-state index is -0.280. The van der Waals surface area contributed by atoms with E-state index in [-0.39, 0.29) is 5.60 Å². The molecule has 0 unspecified atom stereocenters. The molecule has 1 saturated carbocycles. The molecule has 0 aromatic carbocycles. The van der Waals surface area contributed by atoms with Crippen LogP contribution in [0.25, 0.3) is 0 Å². The van der Waals surface area contributed by atoms with Gasteiger partial charge in [0.05, 0.1) is 5.60 Å². The highest BCUT2D eigenvalue weighted by molar-refractivity contribution is 5.15. The summed E-state index contributed by atoms with van der Waals surface area (Å²) in [5.41, 5.74) is -0.280. The summed E-state index contributed by atoms with van der Waals surface area (Å²) in [6.45, 7) is 4.57. The summed E-state index contributed by atoms with van der Waals surface area (Å²) < 4.78 is 0. The molecule has 0 aromatic heterocycles. The highest BCUT2D eigenvalue weighted by Gasteiger charge is 2.26. The van der Waals surface area contributed by atoms with Crippen LogP contribution in [0.3, 0.4) is 0 Å². The molecule has 0 atom stereocenters. The van der Waals surface area contributed by atoms with Crippen LogP contribution in [0.5, 0.6) is 0 Å². The smallest absolute Gasteiger partial charge is 0.0645 e. The van der Waals surface area contributed by atoms with Crippen molar-refractivity contribution < 1.29 is 5.11 Å². The van der Waals surface area contributed by atoms with Crippen molar-refractivity contribution >= 4 is 6.72 Å². The van der Waals surface area contributed by atoms with Crippen molar-refractivity contribution in [2.24, 2.45) is 0 Å². The van der Waals surface area contributed by atoms with Gasteiger partial charge in [0, 0.05) is 0 Å². The topological polar surface area (TPSA) is 44.1 Å². The number of hydrogen-bond donors (Lipinski definition) is 2. The van der Waals surface area contributed by atoms with Crippen molar-refractivity contribution in [3.63, 3.8) is 0 Å². The Labute approximate surface area is 69.1 Å². The van der Waals surface area contributed by atoms with E-state index < -0.39 is 0 Å². The lowest BCUT2D eigenvalue weighted by Gasteiger charge is -2.30. The number of hydrogen-bond acceptors (Lipinski definition) is 2. The van der Waals surface area contributed by atoms with E-state index in [4.69, 9.17) is 5.41 Å². The molecule has 0 saturated heterocycles. The van der Waals surface area contributed by atoms with E-state index in [9.17, 15) is 5.11 Å². The Morgan fingerprint density at radius 2 is 1.73 bits per heavy atom. The van der Waals surface area contributed by atoms with Gasteiger partial charge in [0.1, 0.15) is 0 Å². The van der Waals surface area contributed by atoms with Crippen LogP contribution in [0.2, 0.25) is 0 Å². The molecular weight excluding hydrogens is 138 g/mol. The van der Waals surface area contributed by atoms with Gasteiger partial charge in [0.2, 0.25) is 0 Å². The SMILES string of the molecule is C=N.CCC1(O)CCCCC1. The van der Waals surface area contributed by atoms with E-state index in [0.717, 1.165) is 19.3 Å². The predicted molar refractivity (Wildman–Crippen MR) is 48.2 cm³/mol. The van der Waals surface area contributed by atoms with Crippen LogP contribution in [0, 0.1) is 5.41 Å². The van der Waals surface area contributed by atoms with Crippen molar-refractivity contribution in [1.82, 2.24) is 0 Å². The summed E-state index contributed by atoms with van der Waals surface area (Å²) >= 11 is 0. The lowest BCUT2D eigenvalue weighted by molar-refractivity contribution is 0.000673. The third kappa shape index (κ3) is 3.51.